The smallest absolute Gasteiger partial charge is 0.119 e. The molecule has 12 heteroatoms. The van der Waals surface area contributed by atoms with Crippen molar-refractivity contribution in [3.05, 3.63) is 417 Å². The molecular formula is C126H136O12. The normalized spacial score (nSPS) is 17.8. The molecule has 6 aliphatic carbocycles. The number of benzene rings is 14. The van der Waals surface area contributed by atoms with Crippen LogP contribution in [-0.4, -0.2) is 61.3 Å². The third-order valence-electron chi connectivity index (χ3n) is 33.6. The lowest BCUT2D eigenvalue weighted by atomic mass is 9.53. The summed E-state index contributed by atoms with van der Waals surface area (Å²) in [4.78, 5) is 0. The molecule has 0 radical (unpaired) electrons. The number of phenols is 12. The van der Waals surface area contributed by atoms with E-state index in [-0.39, 0.29) is 101 Å². The van der Waals surface area contributed by atoms with E-state index in [2.05, 4.69) is 225 Å². The molecule has 12 N–H and O–H groups in total. The van der Waals surface area contributed by atoms with Crippen LogP contribution in [-0.2, 0) is 43.3 Å². The van der Waals surface area contributed by atoms with Gasteiger partial charge < -0.3 is 61.3 Å². The Bertz CT molecular complexity index is 5870. The van der Waals surface area contributed by atoms with E-state index >= 15 is 0 Å². The summed E-state index contributed by atoms with van der Waals surface area (Å²) >= 11 is 0. The van der Waals surface area contributed by atoms with E-state index in [9.17, 15) is 61.3 Å². The van der Waals surface area contributed by atoms with Gasteiger partial charge >= 0.3 is 0 Å². The van der Waals surface area contributed by atoms with Crippen molar-refractivity contribution in [3.63, 3.8) is 0 Å². The molecule has 5 saturated carbocycles. The minimum Gasteiger partial charge on any atom is -0.508 e. The van der Waals surface area contributed by atoms with E-state index in [1.54, 1.807) is 121 Å². The molecule has 0 bridgehead atoms. The Morgan fingerprint density at radius 3 is 0.623 bits per heavy atom. The van der Waals surface area contributed by atoms with Gasteiger partial charge in [0.1, 0.15) is 69.0 Å². The Morgan fingerprint density at radius 2 is 0.399 bits per heavy atom. The van der Waals surface area contributed by atoms with Crippen molar-refractivity contribution in [3.8, 4) is 80.1 Å². The largest absolute Gasteiger partial charge is 0.508 e. The molecule has 5 fully saturated rings. The van der Waals surface area contributed by atoms with Crippen LogP contribution in [0.25, 0.3) is 11.1 Å². The van der Waals surface area contributed by atoms with Gasteiger partial charge in [0.2, 0.25) is 0 Å². The zero-order valence-corrected chi connectivity index (χ0v) is 81.2. The molecule has 0 spiro atoms. The highest BCUT2D eigenvalue weighted by atomic mass is 16.3. The van der Waals surface area contributed by atoms with Crippen molar-refractivity contribution in [1.29, 1.82) is 0 Å². The second-order valence-electron chi connectivity index (χ2n) is 43.3. The Balaban J connectivity index is 0.000000130. The van der Waals surface area contributed by atoms with Crippen molar-refractivity contribution >= 4 is 0 Å². The average molecular weight is 1840 g/mol. The molecule has 0 unspecified atom stereocenters. The van der Waals surface area contributed by atoms with E-state index in [4.69, 9.17) is 0 Å². The fraction of sp³-hybridized carbons (Fsp3) is 0.333. The predicted octanol–water partition coefficient (Wildman–Crippen LogP) is 29.8. The van der Waals surface area contributed by atoms with Gasteiger partial charge in [-0.25, -0.2) is 0 Å². The molecule has 14 aromatic rings. The second kappa shape index (κ2) is 39.3. The number of fused-ring (bicyclic) bond motifs is 3. The zero-order chi connectivity index (χ0) is 97.2. The van der Waals surface area contributed by atoms with Gasteiger partial charge in [-0.1, -0.05) is 269 Å². The molecule has 0 heterocycles. The lowest BCUT2D eigenvalue weighted by Gasteiger charge is -2.51. The maximum absolute atomic E-state index is 10.5. The van der Waals surface area contributed by atoms with Crippen LogP contribution in [0, 0.1) is 29.1 Å². The van der Waals surface area contributed by atoms with Gasteiger partial charge in [0.25, 0.3) is 0 Å². The van der Waals surface area contributed by atoms with E-state index in [0.29, 0.717) is 35.2 Å². The lowest BCUT2D eigenvalue weighted by Crippen LogP contribution is -2.43. The van der Waals surface area contributed by atoms with Gasteiger partial charge in [0.05, 0.1) is 5.41 Å². The second-order valence-corrected chi connectivity index (χ2v) is 43.3. The van der Waals surface area contributed by atoms with Crippen molar-refractivity contribution in [1.82, 2.24) is 0 Å². The van der Waals surface area contributed by atoms with Crippen LogP contribution in [0.5, 0.6) is 69.0 Å². The van der Waals surface area contributed by atoms with Gasteiger partial charge in [-0.2, -0.15) is 0 Å². The highest BCUT2D eigenvalue weighted by molar-refractivity contribution is 5.86. The van der Waals surface area contributed by atoms with Gasteiger partial charge in [-0.15, -0.1) is 0 Å². The summed E-state index contributed by atoms with van der Waals surface area (Å²) < 4.78 is 0. The summed E-state index contributed by atoms with van der Waals surface area (Å²) in [6, 6.07) is 106. The van der Waals surface area contributed by atoms with E-state index in [1.165, 1.54) is 97.2 Å². The predicted molar refractivity (Wildman–Crippen MR) is 554 cm³/mol. The highest BCUT2D eigenvalue weighted by Gasteiger charge is 2.51. The third-order valence-corrected chi connectivity index (χ3v) is 33.6. The van der Waals surface area contributed by atoms with E-state index in [1.807, 2.05) is 36.4 Å². The van der Waals surface area contributed by atoms with Crippen molar-refractivity contribution in [2.45, 2.75) is 234 Å². The summed E-state index contributed by atoms with van der Waals surface area (Å²) in [6.07, 6.45) is 23.4. The first kappa shape index (κ1) is 96.4. The standard InChI is InChI=1S/C39H44O4.C36H38O4.C26H36O2.C25H18O2/c1-37(2,27-19-23-38(24-20-27,29-3-11-33(40)12-4-29)30-5-13-34(41)14-6-30)28-21-25-39(26-22-28,31-7-15-35(42)16-8-31)32-9-17-36(43)18-10-32;37-31-9-1-27(2-10-31)35(28-3-11-32(38)12-4-28)21-17-25(18-22-35)26-19-23-36(24-20-26,29-5-13-33(39)14-6-29)30-7-15-34(40)16-8-30;1-24(2,3)20-16-18(10-12-22(20)27)26(14-8-7-9-15-26)19-11-13-23(28)21(17-19)25(4,5)6;26-19-13-9-17(10-14-19)25(18-11-15-20(27)16-12-18)23-7-3-1-5-21(23)22-6-2-4-8-24(22)25/h3-18,27-28,40-43H,19-26H2,1-2H3;1-16,25-26,37-40H,17-24H2;10-13,16-17,27-28H,7-9,14-15H2,1-6H3;1-16,26-27H. The molecule has 20 rings (SSSR count). The maximum Gasteiger partial charge on any atom is 0.119 e. The summed E-state index contributed by atoms with van der Waals surface area (Å²) in [5.41, 5.74) is 20.4. The van der Waals surface area contributed by atoms with Crippen LogP contribution in [0.1, 0.15) is 279 Å². The van der Waals surface area contributed by atoms with Crippen molar-refractivity contribution < 1.29 is 61.3 Å². The van der Waals surface area contributed by atoms with Gasteiger partial charge in [-0.05, 0) is 389 Å². The number of rotatable bonds is 15. The number of phenolic OH excluding ortho intramolecular Hbond substituents is 12. The topological polar surface area (TPSA) is 243 Å². The van der Waals surface area contributed by atoms with Crippen molar-refractivity contribution in [2.24, 2.45) is 29.1 Å². The third kappa shape index (κ3) is 19.1. The monoisotopic (exact) mass is 1840 g/mol. The summed E-state index contributed by atoms with van der Waals surface area (Å²) in [5, 5.41) is 120. The van der Waals surface area contributed by atoms with Gasteiger partial charge in [-0.3, -0.25) is 0 Å². The SMILES string of the molecule is CC(C)(C)c1cc(C2(c3ccc(O)c(C(C)(C)C)c3)CCCCC2)ccc1O.CC(C)(C1CCC(c2ccc(O)cc2)(c2ccc(O)cc2)CC1)C1CCC(c2ccc(O)cc2)(c2ccc(O)cc2)CC1.Oc1ccc(C2(c3ccc(O)cc3)CCC(C3CCC(c4ccc(O)cc4)(c4ccc(O)cc4)CC3)CC2)cc1.Oc1ccc(C2(c3ccc(O)cc3)c3ccccc3-c3ccccc32)cc1. The first-order valence-corrected chi connectivity index (χ1v) is 50.0. The molecule has 6 aliphatic rings. The fourth-order valence-corrected chi connectivity index (χ4v) is 25.7. The summed E-state index contributed by atoms with van der Waals surface area (Å²) in [7, 11) is 0. The molecule has 0 saturated heterocycles. The Hall–Kier alpha value is -13.3. The van der Waals surface area contributed by atoms with Crippen LogP contribution in [0.4, 0.5) is 0 Å². The van der Waals surface area contributed by atoms with E-state index in [0.717, 1.165) is 138 Å². The first-order chi connectivity index (χ1) is 66.2. The minimum atomic E-state index is -0.491. The molecule has 0 aliphatic heterocycles. The number of aromatic hydroxyl groups is 12. The minimum absolute atomic E-state index is 0.0559. The molecular weight excluding hydrogens is 1710 g/mol. The number of hydrogen-bond donors (Lipinski definition) is 12. The fourth-order valence-electron chi connectivity index (χ4n) is 25.7. The van der Waals surface area contributed by atoms with Crippen LogP contribution in [0.3, 0.4) is 0 Å². The molecule has 138 heavy (non-hydrogen) atoms. The molecule has 0 amide bonds. The van der Waals surface area contributed by atoms with Crippen LogP contribution >= 0.6 is 0 Å². The Kier molecular flexibility index (Phi) is 27.4. The average Bonchev–Trinajstić information content (AvgIpc) is 1.54. The molecule has 0 atom stereocenters. The van der Waals surface area contributed by atoms with Crippen LogP contribution in [0.2, 0.25) is 0 Å². The van der Waals surface area contributed by atoms with Crippen molar-refractivity contribution in [2.75, 3.05) is 0 Å². The van der Waals surface area contributed by atoms with Gasteiger partial charge in [0.15, 0.2) is 0 Å². The van der Waals surface area contributed by atoms with Crippen LogP contribution in [0.15, 0.2) is 328 Å². The molecule has 12 nitrogen and oxygen atoms in total. The first-order valence-electron chi connectivity index (χ1n) is 50.0. The quantitative estimate of drug-likeness (QED) is 0.0459. The maximum atomic E-state index is 10.5. The van der Waals surface area contributed by atoms with Gasteiger partial charge in [0, 0.05) is 27.1 Å². The highest BCUT2D eigenvalue weighted by Crippen LogP contribution is 2.62. The Labute approximate surface area is 815 Å². The summed E-state index contributed by atoms with van der Waals surface area (Å²) in [6.45, 7) is 17.9. The lowest BCUT2D eigenvalue weighted by molar-refractivity contribution is 0.0364. The molecule has 0 aromatic heterocycles. The summed E-state index contributed by atoms with van der Waals surface area (Å²) in [5.74, 6) is 6.07. The zero-order valence-electron chi connectivity index (χ0n) is 81.2. The Morgan fingerprint density at radius 1 is 0.203 bits per heavy atom. The van der Waals surface area contributed by atoms with Crippen LogP contribution < -0.4 is 0 Å². The van der Waals surface area contributed by atoms with E-state index < -0.39 is 5.41 Å². The molecule has 14 aromatic carbocycles. The molecule has 712 valence electrons. The number of hydrogen-bond acceptors (Lipinski definition) is 12.